The highest BCUT2D eigenvalue weighted by Crippen LogP contribution is 2.28. The predicted octanol–water partition coefficient (Wildman–Crippen LogP) is 4.68. The van der Waals surface area contributed by atoms with Crippen molar-refractivity contribution >= 4 is 6.08 Å². The van der Waals surface area contributed by atoms with E-state index in [0.29, 0.717) is 5.92 Å². The summed E-state index contributed by atoms with van der Waals surface area (Å²) in [5.74, 6) is 0.586. The van der Waals surface area contributed by atoms with E-state index in [1.807, 2.05) is 12.2 Å². The highest BCUT2D eigenvalue weighted by Gasteiger charge is 2.12. The maximum Gasteiger partial charge on any atom is 0.00511 e. The average Bonchev–Trinajstić information content (AvgIpc) is 2.36. The van der Waals surface area contributed by atoms with Crippen LogP contribution in [0.4, 0.5) is 0 Å². The minimum absolute atomic E-state index is 0.188. The molecule has 0 amide bonds. The van der Waals surface area contributed by atoms with Crippen LogP contribution in [0.15, 0.2) is 36.9 Å². The van der Waals surface area contributed by atoms with Gasteiger partial charge in [-0.2, -0.15) is 0 Å². The van der Waals surface area contributed by atoms with Crippen molar-refractivity contribution in [1.29, 1.82) is 0 Å². The summed E-state index contributed by atoms with van der Waals surface area (Å²) >= 11 is 0. The van der Waals surface area contributed by atoms with Crippen molar-refractivity contribution in [2.45, 2.75) is 52.0 Å². The van der Waals surface area contributed by atoms with Crippen LogP contribution in [0.3, 0.4) is 0 Å². The highest BCUT2D eigenvalue weighted by atomic mass is 14.6. The van der Waals surface area contributed by atoms with Gasteiger partial charge in [-0.25, -0.2) is 0 Å². The van der Waals surface area contributed by atoms with E-state index in [4.69, 9.17) is 5.73 Å². The third-order valence-electron chi connectivity index (χ3n) is 3.42. The first-order valence-corrected chi connectivity index (χ1v) is 7.26. The maximum absolute atomic E-state index is 5.96. The smallest absolute Gasteiger partial charge is 0.00511 e. The molecule has 0 radical (unpaired) electrons. The van der Waals surface area contributed by atoms with Crippen molar-refractivity contribution < 1.29 is 0 Å². The van der Waals surface area contributed by atoms with Crippen LogP contribution in [-0.2, 0) is 6.42 Å². The van der Waals surface area contributed by atoms with Crippen LogP contribution in [0.2, 0.25) is 0 Å². The second-order valence-corrected chi connectivity index (χ2v) is 5.39. The minimum Gasteiger partial charge on any atom is -0.328 e. The molecule has 0 aliphatic heterocycles. The van der Waals surface area contributed by atoms with Crippen molar-refractivity contribution in [3.63, 3.8) is 0 Å². The molecule has 0 fully saturated rings. The van der Waals surface area contributed by atoms with Gasteiger partial charge in [0.1, 0.15) is 0 Å². The fourth-order valence-electron chi connectivity index (χ4n) is 2.54. The molecule has 1 rings (SSSR count). The summed E-state index contributed by atoms with van der Waals surface area (Å²) < 4.78 is 0. The van der Waals surface area contributed by atoms with E-state index in [0.717, 1.165) is 6.42 Å². The van der Waals surface area contributed by atoms with Crippen molar-refractivity contribution in [3.05, 3.63) is 53.6 Å². The van der Waals surface area contributed by atoms with Gasteiger partial charge in [0.25, 0.3) is 0 Å². The molecule has 2 atom stereocenters. The Balaban J connectivity index is 3.20. The second-order valence-electron chi connectivity index (χ2n) is 5.39. The van der Waals surface area contributed by atoms with Gasteiger partial charge in [-0.15, -0.1) is 0 Å². The summed E-state index contributed by atoms with van der Waals surface area (Å²) in [5, 5.41) is 0. The lowest BCUT2D eigenvalue weighted by Crippen LogP contribution is -2.18. The quantitative estimate of drug-likeness (QED) is 0.705. The molecule has 0 aliphatic carbocycles. The second kappa shape index (κ2) is 7.96. The van der Waals surface area contributed by atoms with Crippen LogP contribution >= 0.6 is 0 Å². The summed E-state index contributed by atoms with van der Waals surface area (Å²) in [7, 11) is 0. The molecule has 1 aromatic rings. The number of benzene rings is 1. The molecule has 0 saturated carbocycles. The normalized spacial score (nSPS) is 14.5. The van der Waals surface area contributed by atoms with Crippen LogP contribution in [0.25, 0.3) is 6.08 Å². The number of hydrogen-bond acceptors (Lipinski definition) is 1. The Morgan fingerprint density at radius 3 is 2.63 bits per heavy atom. The summed E-state index contributed by atoms with van der Waals surface area (Å²) in [6.45, 7) is 10.4. The number of rotatable bonds is 7. The lowest BCUT2D eigenvalue weighted by Gasteiger charge is -2.18. The minimum atomic E-state index is 0.188. The molecule has 0 saturated heterocycles. The molecule has 1 nitrogen and oxygen atoms in total. The monoisotopic (exact) mass is 257 g/mol. The number of allylic oxidation sites excluding steroid dienone is 2. The van der Waals surface area contributed by atoms with E-state index < -0.39 is 0 Å². The molecule has 104 valence electrons. The van der Waals surface area contributed by atoms with Gasteiger partial charge < -0.3 is 5.73 Å². The zero-order chi connectivity index (χ0) is 14.3. The zero-order valence-electron chi connectivity index (χ0n) is 12.5. The summed E-state index contributed by atoms with van der Waals surface area (Å²) in [6, 6.07) is 6.78. The Kier molecular flexibility index (Phi) is 6.58. The van der Waals surface area contributed by atoms with E-state index in [1.165, 1.54) is 29.5 Å². The first kappa shape index (κ1) is 15.7. The topological polar surface area (TPSA) is 26.0 Å². The molecule has 1 heteroatoms. The standard InChI is InChI=1S/C18H27N/c1-5-7-11-18-16(13-15(4)19)10-8-12-17(18)14(3)9-6-2/h5,7-8,10-12,14-15H,1,6,9,13,19H2,2-4H3/b11-7-/t14-,15+/m0/s1. The van der Waals surface area contributed by atoms with E-state index in [2.05, 4.69) is 51.6 Å². The first-order chi connectivity index (χ1) is 9.10. The van der Waals surface area contributed by atoms with Gasteiger partial charge >= 0.3 is 0 Å². The Labute approximate surface area is 118 Å². The molecule has 0 bridgehead atoms. The highest BCUT2D eigenvalue weighted by molar-refractivity contribution is 5.60. The van der Waals surface area contributed by atoms with Gasteiger partial charge in [0.15, 0.2) is 0 Å². The van der Waals surface area contributed by atoms with Gasteiger partial charge in [-0.1, -0.05) is 63.3 Å². The van der Waals surface area contributed by atoms with Crippen LogP contribution in [-0.4, -0.2) is 6.04 Å². The molecular formula is C18H27N. The van der Waals surface area contributed by atoms with Crippen molar-refractivity contribution in [2.24, 2.45) is 5.73 Å². The van der Waals surface area contributed by atoms with Gasteiger partial charge in [-0.05, 0) is 42.4 Å². The fourth-order valence-corrected chi connectivity index (χ4v) is 2.54. The zero-order valence-corrected chi connectivity index (χ0v) is 12.5. The SMILES string of the molecule is C=C/C=C\c1c(C[C@@H](C)N)cccc1[C@@H](C)CCC. The third kappa shape index (κ3) is 4.68. The molecule has 0 unspecified atom stereocenters. The lowest BCUT2D eigenvalue weighted by molar-refractivity contribution is 0.661. The molecule has 19 heavy (non-hydrogen) atoms. The van der Waals surface area contributed by atoms with Crippen LogP contribution in [0, 0.1) is 0 Å². The van der Waals surface area contributed by atoms with Gasteiger partial charge in [0.05, 0.1) is 0 Å². The van der Waals surface area contributed by atoms with E-state index in [9.17, 15) is 0 Å². The Hall–Kier alpha value is -1.34. The van der Waals surface area contributed by atoms with Crippen LogP contribution in [0.1, 0.15) is 56.2 Å². The molecule has 0 spiro atoms. The Morgan fingerprint density at radius 2 is 2.05 bits per heavy atom. The molecule has 0 aromatic heterocycles. The fraction of sp³-hybridized carbons (Fsp3) is 0.444. The maximum atomic E-state index is 5.96. The van der Waals surface area contributed by atoms with Crippen molar-refractivity contribution in [2.75, 3.05) is 0 Å². The molecule has 1 aromatic carbocycles. The van der Waals surface area contributed by atoms with E-state index in [1.54, 1.807) is 0 Å². The van der Waals surface area contributed by atoms with E-state index >= 15 is 0 Å². The number of nitrogens with two attached hydrogens (primary N) is 1. The molecule has 0 heterocycles. The molecule has 0 aliphatic rings. The third-order valence-corrected chi connectivity index (χ3v) is 3.42. The van der Waals surface area contributed by atoms with Gasteiger partial charge in [-0.3, -0.25) is 0 Å². The number of hydrogen-bond donors (Lipinski definition) is 1. The summed E-state index contributed by atoms with van der Waals surface area (Å²) in [4.78, 5) is 0. The summed E-state index contributed by atoms with van der Waals surface area (Å²) in [6.07, 6.45) is 9.37. The largest absolute Gasteiger partial charge is 0.328 e. The van der Waals surface area contributed by atoms with Gasteiger partial charge in [0.2, 0.25) is 0 Å². The Morgan fingerprint density at radius 1 is 1.32 bits per heavy atom. The molecule has 2 N–H and O–H groups in total. The average molecular weight is 257 g/mol. The van der Waals surface area contributed by atoms with E-state index in [-0.39, 0.29) is 6.04 Å². The predicted molar refractivity (Wildman–Crippen MR) is 86.3 cm³/mol. The van der Waals surface area contributed by atoms with Crippen molar-refractivity contribution in [3.8, 4) is 0 Å². The van der Waals surface area contributed by atoms with Crippen LogP contribution in [0.5, 0.6) is 0 Å². The molecular weight excluding hydrogens is 230 g/mol. The Bertz CT molecular complexity index is 429. The van der Waals surface area contributed by atoms with Crippen LogP contribution < -0.4 is 5.73 Å². The van der Waals surface area contributed by atoms with Crippen molar-refractivity contribution in [1.82, 2.24) is 0 Å². The first-order valence-electron chi connectivity index (χ1n) is 7.26. The van der Waals surface area contributed by atoms with Gasteiger partial charge in [0, 0.05) is 6.04 Å². The lowest BCUT2D eigenvalue weighted by atomic mass is 9.87. The summed E-state index contributed by atoms with van der Waals surface area (Å²) in [5.41, 5.74) is 10.1.